The van der Waals surface area contributed by atoms with E-state index in [1.807, 2.05) is 0 Å². The molecule has 0 aromatic heterocycles. The van der Waals surface area contributed by atoms with Crippen molar-refractivity contribution >= 4 is 5.91 Å². The van der Waals surface area contributed by atoms with Gasteiger partial charge in [-0.05, 0) is 36.6 Å². The molecule has 2 atom stereocenters. The van der Waals surface area contributed by atoms with Crippen LogP contribution >= 0.6 is 0 Å². The third-order valence-corrected chi connectivity index (χ3v) is 4.94. The van der Waals surface area contributed by atoms with E-state index in [9.17, 15) is 26.7 Å². The number of amides is 1. The Kier molecular flexibility index (Phi) is 5.48. The average Bonchev–Trinajstić information content (AvgIpc) is 2.61. The van der Waals surface area contributed by atoms with Crippen molar-refractivity contribution in [2.24, 2.45) is 0 Å². The molecule has 0 bridgehead atoms. The zero-order valence-electron chi connectivity index (χ0n) is 14.3. The minimum Gasteiger partial charge on any atom is -0.349 e. The van der Waals surface area contributed by atoms with Gasteiger partial charge >= 0.3 is 6.18 Å². The maximum atomic E-state index is 13.8. The monoisotopic (exact) mass is 383 g/mol. The van der Waals surface area contributed by atoms with Gasteiger partial charge in [0.25, 0.3) is 5.91 Å². The molecular formula is C20H18F5NO. The topological polar surface area (TPSA) is 29.1 Å². The van der Waals surface area contributed by atoms with Gasteiger partial charge < -0.3 is 5.32 Å². The summed E-state index contributed by atoms with van der Waals surface area (Å²) in [4.78, 5) is 12.4. The molecule has 27 heavy (non-hydrogen) atoms. The van der Waals surface area contributed by atoms with Gasteiger partial charge in [-0.15, -0.1) is 0 Å². The minimum absolute atomic E-state index is 0.101. The van der Waals surface area contributed by atoms with Gasteiger partial charge in [0.2, 0.25) is 0 Å². The lowest BCUT2D eigenvalue weighted by molar-refractivity contribution is -0.138. The maximum Gasteiger partial charge on any atom is 0.416 e. The summed E-state index contributed by atoms with van der Waals surface area (Å²) >= 11 is 0. The molecule has 0 heterocycles. The first-order chi connectivity index (χ1) is 12.8. The van der Waals surface area contributed by atoms with Gasteiger partial charge in [0.15, 0.2) is 0 Å². The molecule has 1 aliphatic rings. The maximum absolute atomic E-state index is 13.8. The number of nitrogens with one attached hydrogen (secondary N) is 1. The van der Waals surface area contributed by atoms with Gasteiger partial charge in [0, 0.05) is 12.0 Å². The van der Waals surface area contributed by atoms with Crippen molar-refractivity contribution in [1.82, 2.24) is 5.32 Å². The van der Waals surface area contributed by atoms with Crippen LogP contribution in [-0.4, -0.2) is 11.9 Å². The first-order valence-corrected chi connectivity index (χ1v) is 8.70. The van der Waals surface area contributed by atoms with Gasteiger partial charge in [0.1, 0.15) is 17.2 Å². The van der Waals surface area contributed by atoms with Crippen LogP contribution in [0, 0.1) is 11.6 Å². The smallest absolute Gasteiger partial charge is 0.349 e. The Morgan fingerprint density at radius 1 is 0.926 bits per heavy atom. The van der Waals surface area contributed by atoms with Crippen molar-refractivity contribution in [3.05, 3.63) is 70.8 Å². The highest BCUT2D eigenvalue weighted by Crippen LogP contribution is 2.40. The molecule has 2 aromatic carbocycles. The number of hydrogen-bond donors (Lipinski definition) is 1. The van der Waals surface area contributed by atoms with Crippen molar-refractivity contribution in [1.29, 1.82) is 0 Å². The van der Waals surface area contributed by atoms with Gasteiger partial charge in [0.05, 0.1) is 5.56 Å². The van der Waals surface area contributed by atoms with Gasteiger partial charge in [-0.2, -0.15) is 13.2 Å². The molecule has 1 fully saturated rings. The SMILES string of the molecule is O=C(N[C@H]1CCCC[C@@H]1c1ccccc1C(F)(F)F)c1c(F)cccc1F. The summed E-state index contributed by atoms with van der Waals surface area (Å²) in [6.45, 7) is 0. The van der Waals surface area contributed by atoms with Crippen LogP contribution in [0.1, 0.15) is 53.1 Å². The third-order valence-electron chi connectivity index (χ3n) is 4.94. The van der Waals surface area contributed by atoms with E-state index >= 15 is 0 Å². The Morgan fingerprint density at radius 3 is 2.22 bits per heavy atom. The summed E-state index contributed by atoms with van der Waals surface area (Å²) in [5.74, 6) is -3.53. The summed E-state index contributed by atoms with van der Waals surface area (Å²) in [5.41, 5.74) is -1.36. The summed E-state index contributed by atoms with van der Waals surface area (Å²) in [6, 6.07) is 7.70. The van der Waals surface area contributed by atoms with Crippen LogP contribution in [0.25, 0.3) is 0 Å². The number of carbonyl (C=O) groups excluding carboxylic acids is 1. The van der Waals surface area contributed by atoms with E-state index in [-0.39, 0.29) is 5.56 Å². The van der Waals surface area contributed by atoms with Crippen molar-refractivity contribution in [2.75, 3.05) is 0 Å². The second-order valence-electron chi connectivity index (χ2n) is 6.65. The third kappa shape index (κ3) is 4.12. The highest BCUT2D eigenvalue weighted by Gasteiger charge is 2.38. The fraction of sp³-hybridized carbons (Fsp3) is 0.350. The number of hydrogen-bond acceptors (Lipinski definition) is 1. The fourth-order valence-corrected chi connectivity index (χ4v) is 3.71. The second kappa shape index (κ2) is 7.66. The minimum atomic E-state index is -4.51. The average molecular weight is 383 g/mol. The molecule has 0 aliphatic heterocycles. The molecule has 7 heteroatoms. The molecule has 0 spiro atoms. The standard InChI is InChI=1S/C20H18F5NO/c21-15-9-5-10-16(22)18(15)19(27)26-17-11-4-2-7-13(17)12-6-1-3-8-14(12)20(23,24)25/h1,3,5-6,8-10,13,17H,2,4,7,11H2,(H,26,27)/t13-,17+/m1/s1. The van der Waals surface area contributed by atoms with Crippen molar-refractivity contribution in [3.8, 4) is 0 Å². The van der Waals surface area contributed by atoms with E-state index in [0.29, 0.717) is 12.8 Å². The molecule has 2 aromatic rings. The van der Waals surface area contributed by atoms with Crippen molar-refractivity contribution in [3.63, 3.8) is 0 Å². The number of alkyl halides is 3. The molecule has 144 valence electrons. The van der Waals surface area contributed by atoms with E-state index in [0.717, 1.165) is 37.1 Å². The van der Waals surface area contributed by atoms with E-state index in [1.54, 1.807) is 0 Å². The summed E-state index contributed by atoms with van der Waals surface area (Å²) in [5, 5.41) is 2.56. The zero-order chi connectivity index (χ0) is 19.6. The lowest BCUT2D eigenvalue weighted by atomic mass is 9.78. The fourth-order valence-electron chi connectivity index (χ4n) is 3.71. The normalized spacial score (nSPS) is 20.3. The number of rotatable bonds is 3. The Hall–Kier alpha value is -2.44. The molecule has 1 amide bonds. The largest absolute Gasteiger partial charge is 0.416 e. The molecule has 0 unspecified atom stereocenters. The Labute approximate surface area is 153 Å². The zero-order valence-corrected chi connectivity index (χ0v) is 14.3. The molecule has 2 nitrogen and oxygen atoms in total. The van der Waals surface area contributed by atoms with Crippen molar-refractivity contribution < 1.29 is 26.7 Å². The van der Waals surface area contributed by atoms with E-state index < -0.39 is 46.8 Å². The summed E-state index contributed by atoms with van der Waals surface area (Å²) in [7, 11) is 0. The quantitative estimate of drug-likeness (QED) is 0.703. The van der Waals surface area contributed by atoms with Crippen LogP contribution in [0.4, 0.5) is 22.0 Å². The molecule has 0 saturated heterocycles. The number of halogens is 5. The number of benzene rings is 2. The van der Waals surface area contributed by atoms with E-state index in [4.69, 9.17) is 0 Å². The van der Waals surface area contributed by atoms with Crippen molar-refractivity contribution in [2.45, 2.75) is 43.8 Å². The predicted molar refractivity (Wildman–Crippen MR) is 90.3 cm³/mol. The van der Waals surface area contributed by atoms with Crippen LogP contribution in [0.2, 0.25) is 0 Å². The number of carbonyl (C=O) groups is 1. The van der Waals surface area contributed by atoms with Gasteiger partial charge in [-0.3, -0.25) is 4.79 Å². The molecule has 3 rings (SSSR count). The van der Waals surface area contributed by atoms with Gasteiger partial charge in [-0.1, -0.05) is 37.1 Å². The van der Waals surface area contributed by atoms with Crippen LogP contribution in [0.3, 0.4) is 0 Å². The first-order valence-electron chi connectivity index (χ1n) is 8.70. The summed E-state index contributed by atoms with van der Waals surface area (Å²) < 4.78 is 67.8. The first kappa shape index (κ1) is 19.3. The van der Waals surface area contributed by atoms with Crippen LogP contribution < -0.4 is 5.32 Å². The van der Waals surface area contributed by atoms with Crippen LogP contribution in [0.5, 0.6) is 0 Å². The molecule has 0 radical (unpaired) electrons. The lowest BCUT2D eigenvalue weighted by Gasteiger charge is -2.34. The Bertz CT molecular complexity index is 813. The Balaban J connectivity index is 1.90. The molecule has 1 N–H and O–H groups in total. The molecular weight excluding hydrogens is 365 g/mol. The Morgan fingerprint density at radius 2 is 1.56 bits per heavy atom. The van der Waals surface area contributed by atoms with Crippen LogP contribution in [0.15, 0.2) is 42.5 Å². The lowest BCUT2D eigenvalue weighted by Crippen LogP contribution is -2.42. The predicted octanol–water partition coefficient (Wildman–Crippen LogP) is 5.44. The summed E-state index contributed by atoms with van der Waals surface area (Å²) in [6.07, 6.45) is -2.18. The second-order valence-corrected chi connectivity index (χ2v) is 6.65. The van der Waals surface area contributed by atoms with Gasteiger partial charge in [-0.25, -0.2) is 8.78 Å². The van der Waals surface area contributed by atoms with E-state index in [1.165, 1.54) is 18.2 Å². The highest BCUT2D eigenvalue weighted by molar-refractivity contribution is 5.95. The van der Waals surface area contributed by atoms with Crippen LogP contribution in [-0.2, 0) is 6.18 Å². The highest BCUT2D eigenvalue weighted by atomic mass is 19.4. The molecule has 1 aliphatic carbocycles. The molecule has 1 saturated carbocycles. The van der Waals surface area contributed by atoms with E-state index in [2.05, 4.69) is 5.32 Å².